The average molecular weight is 336 g/mol. The maximum absolute atomic E-state index is 10.3. The molecule has 0 bridgehead atoms. The van der Waals surface area contributed by atoms with Gasteiger partial charge >= 0.3 is 8.80 Å². The molecule has 1 aliphatic rings. The van der Waals surface area contributed by atoms with E-state index in [1.165, 1.54) is 0 Å². The smallest absolute Gasteiger partial charge is 0.421 e. The highest BCUT2D eigenvalue weighted by atomic mass is 28.4. The molecule has 8 heteroatoms. The normalized spacial score (nSPS) is 36.5. The summed E-state index contributed by atoms with van der Waals surface area (Å²) in [5.41, 5.74) is 0.650. The number of carbonyl (C=O) groups excluding carboxylic acids is 1. The number of amides is 1. The molecule has 3 unspecified atom stereocenters. The van der Waals surface area contributed by atoms with Crippen LogP contribution in [0.2, 0.25) is 16.6 Å². The van der Waals surface area contributed by atoms with Crippen molar-refractivity contribution in [3.63, 3.8) is 0 Å². The second kappa shape index (κ2) is 7.85. The summed E-state index contributed by atoms with van der Waals surface area (Å²) in [5, 5.41) is 2.97. The van der Waals surface area contributed by atoms with E-state index in [1.54, 1.807) is 7.11 Å². The Morgan fingerprint density at radius 3 is 2.70 bits per heavy atom. The second-order valence-corrected chi connectivity index (χ2v) is 14.7. The van der Waals surface area contributed by atoms with Gasteiger partial charge in [-0.25, -0.2) is 0 Å². The molecule has 20 heavy (non-hydrogen) atoms. The Kier molecular flexibility index (Phi) is 7.09. The third-order valence-electron chi connectivity index (χ3n) is 4.51. The number of hydrogen-bond acceptors (Lipinski definition) is 4. The van der Waals surface area contributed by atoms with Gasteiger partial charge in [0.25, 0.3) is 0 Å². The Morgan fingerprint density at radius 2 is 2.10 bits per heavy atom. The Morgan fingerprint density at radius 1 is 1.40 bits per heavy atom. The van der Waals surface area contributed by atoms with Gasteiger partial charge in [-0.2, -0.15) is 0 Å². The molecule has 0 radical (unpaired) electrons. The zero-order valence-electron chi connectivity index (χ0n) is 13.4. The fraction of sp³-hybridized carbons (Fsp3) is 0.917. The van der Waals surface area contributed by atoms with Crippen molar-refractivity contribution in [3.8, 4) is 0 Å². The van der Waals surface area contributed by atoms with Gasteiger partial charge in [-0.1, -0.05) is 27.7 Å². The molecule has 0 aromatic rings. The number of rotatable bonds is 6. The van der Waals surface area contributed by atoms with Gasteiger partial charge in [0.1, 0.15) is 0 Å². The van der Waals surface area contributed by atoms with E-state index in [1.807, 2.05) is 0 Å². The second-order valence-electron chi connectivity index (χ2n) is 6.42. The van der Waals surface area contributed by atoms with Gasteiger partial charge in [0.2, 0.25) is 6.41 Å². The van der Waals surface area contributed by atoms with Gasteiger partial charge in [0.05, 0.1) is 0 Å². The maximum Gasteiger partial charge on any atom is 0.479 e. The molecule has 5 nitrogen and oxygen atoms in total. The largest absolute Gasteiger partial charge is 0.479 e. The van der Waals surface area contributed by atoms with E-state index in [-0.39, 0.29) is 5.04 Å². The molecule has 1 fully saturated rings. The van der Waals surface area contributed by atoms with Crippen LogP contribution >= 0.6 is 0 Å². The predicted molar refractivity (Wildman–Crippen MR) is 88.1 cm³/mol. The summed E-state index contributed by atoms with van der Waals surface area (Å²) in [6, 6.07) is 0.807. The summed E-state index contributed by atoms with van der Waals surface area (Å²) in [4.78, 5) is 10.3. The van der Waals surface area contributed by atoms with E-state index in [0.717, 1.165) is 18.9 Å². The van der Waals surface area contributed by atoms with Gasteiger partial charge in [0, 0.05) is 19.7 Å². The highest BCUT2D eigenvalue weighted by molar-refractivity contribution is 6.71. The SMILES string of the molecule is CO[Si]1(CCCNC=O)O[SiH2]C(C)C(C)C(C)(C)[SiH2]O1. The van der Waals surface area contributed by atoms with Crippen LogP contribution in [-0.2, 0) is 17.5 Å². The molecule has 0 aliphatic carbocycles. The van der Waals surface area contributed by atoms with Gasteiger partial charge in [-0.15, -0.1) is 0 Å². The molecule has 0 spiro atoms. The summed E-state index contributed by atoms with van der Waals surface area (Å²) >= 11 is 0. The molecule has 118 valence electrons. The Labute approximate surface area is 128 Å². The lowest BCUT2D eigenvalue weighted by atomic mass is 9.94. The summed E-state index contributed by atoms with van der Waals surface area (Å²) in [6.07, 6.45) is 1.59. The first-order chi connectivity index (χ1) is 9.37. The Balaban J connectivity index is 2.68. The molecule has 1 heterocycles. The summed E-state index contributed by atoms with van der Waals surface area (Å²) in [7, 11) is -2.13. The molecule has 1 amide bonds. The van der Waals surface area contributed by atoms with Crippen LogP contribution in [0.25, 0.3) is 0 Å². The maximum atomic E-state index is 10.3. The highest BCUT2D eigenvalue weighted by Gasteiger charge is 2.45. The van der Waals surface area contributed by atoms with E-state index < -0.39 is 28.3 Å². The van der Waals surface area contributed by atoms with Crippen molar-refractivity contribution < 1.29 is 17.5 Å². The van der Waals surface area contributed by atoms with Crippen LogP contribution in [0.1, 0.15) is 34.1 Å². The van der Waals surface area contributed by atoms with Crippen LogP contribution in [0.15, 0.2) is 0 Å². The summed E-state index contributed by atoms with van der Waals surface area (Å²) in [5.74, 6) is 0.654. The molecule has 1 N–H and O–H groups in total. The van der Waals surface area contributed by atoms with Crippen LogP contribution in [0.4, 0.5) is 0 Å². The van der Waals surface area contributed by atoms with Gasteiger partial charge in [-0.05, 0) is 22.9 Å². The van der Waals surface area contributed by atoms with Crippen LogP contribution in [0.3, 0.4) is 0 Å². The van der Waals surface area contributed by atoms with Crippen molar-refractivity contribution in [2.45, 2.75) is 50.7 Å². The Bertz CT molecular complexity index is 319. The number of hydrogen-bond donors (Lipinski definition) is 1. The zero-order valence-corrected chi connectivity index (χ0v) is 17.2. The first-order valence-electron chi connectivity index (χ1n) is 7.37. The monoisotopic (exact) mass is 335 g/mol. The lowest BCUT2D eigenvalue weighted by Crippen LogP contribution is -2.51. The molecular weight excluding hydrogens is 306 g/mol. The van der Waals surface area contributed by atoms with Crippen molar-refractivity contribution in [3.05, 3.63) is 0 Å². The first-order valence-corrected chi connectivity index (χ1v) is 12.0. The fourth-order valence-electron chi connectivity index (χ4n) is 2.47. The van der Waals surface area contributed by atoms with Crippen molar-refractivity contribution in [1.82, 2.24) is 5.32 Å². The molecule has 1 saturated heterocycles. The topological polar surface area (TPSA) is 56.8 Å². The molecule has 3 atom stereocenters. The minimum absolute atomic E-state index is 0.286. The number of carbonyl (C=O) groups is 1. The molecule has 1 aliphatic heterocycles. The molecule has 1 rings (SSSR count). The van der Waals surface area contributed by atoms with Crippen LogP contribution in [0.5, 0.6) is 0 Å². The summed E-state index contributed by atoms with van der Waals surface area (Å²) < 4.78 is 18.2. The minimum Gasteiger partial charge on any atom is -0.421 e. The molecule has 0 aromatic heterocycles. The lowest BCUT2D eigenvalue weighted by Gasteiger charge is -2.42. The van der Waals surface area contributed by atoms with Crippen molar-refractivity contribution in [2.24, 2.45) is 5.92 Å². The van der Waals surface area contributed by atoms with Gasteiger partial charge in [-0.3, -0.25) is 4.79 Å². The van der Waals surface area contributed by atoms with E-state index in [9.17, 15) is 4.79 Å². The predicted octanol–water partition coefficient (Wildman–Crippen LogP) is 0.565. The van der Waals surface area contributed by atoms with Gasteiger partial charge < -0.3 is 18.0 Å². The molecular formula is C12H29NO4Si3. The van der Waals surface area contributed by atoms with E-state index >= 15 is 0 Å². The minimum atomic E-state index is -2.48. The van der Waals surface area contributed by atoms with Crippen LogP contribution < -0.4 is 5.32 Å². The average Bonchev–Trinajstić information content (AvgIpc) is 2.44. The van der Waals surface area contributed by atoms with Gasteiger partial charge in [0.15, 0.2) is 19.5 Å². The lowest BCUT2D eigenvalue weighted by molar-refractivity contribution is -0.109. The standard InChI is InChI=1S/C12H29NO4Si3/c1-10-11(2)18-16-20(15-5,8-6-7-13-9-14)17-19-12(10,3)4/h9-11H,6-8,18-19H2,1-5H3,(H,13,14). The molecule has 0 aromatic carbocycles. The van der Waals surface area contributed by atoms with Crippen LogP contribution in [-0.4, -0.2) is 48.4 Å². The highest BCUT2D eigenvalue weighted by Crippen LogP contribution is 2.43. The van der Waals surface area contributed by atoms with E-state index in [0.29, 0.717) is 18.0 Å². The number of nitrogens with one attached hydrogen (secondary N) is 1. The van der Waals surface area contributed by atoms with Crippen LogP contribution in [0, 0.1) is 5.92 Å². The van der Waals surface area contributed by atoms with E-state index in [2.05, 4.69) is 33.0 Å². The Hall–Kier alpha value is 0.000649. The van der Waals surface area contributed by atoms with Crippen molar-refractivity contribution >= 4 is 34.7 Å². The third-order valence-corrected chi connectivity index (χ3v) is 13.5. The summed E-state index contributed by atoms with van der Waals surface area (Å²) in [6.45, 7) is 9.94. The zero-order chi connectivity index (χ0) is 15.2. The fourth-order valence-corrected chi connectivity index (χ4v) is 12.8. The molecule has 0 saturated carbocycles. The van der Waals surface area contributed by atoms with Crippen molar-refractivity contribution in [1.29, 1.82) is 0 Å². The quantitative estimate of drug-likeness (QED) is 0.438. The third kappa shape index (κ3) is 4.78. The van der Waals surface area contributed by atoms with E-state index in [4.69, 9.17) is 12.7 Å². The first kappa shape index (κ1) is 18.1. The van der Waals surface area contributed by atoms with Crippen molar-refractivity contribution in [2.75, 3.05) is 13.7 Å².